The Kier molecular flexibility index (Phi) is 7.11. The van der Waals surface area contributed by atoms with Crippen molar-refractivity contribution in [2.75, 3.05) is 13.7 Å². The molecule has 1 N–H and O–H groups in total. The van der Waals surface area contributed by atoms with Crippen LogP contribution in [0.5, 0.6) is 0 Å². The highest BCUT2D eigenvalue weighted by Gasteiger charge is 2.06. The monoisotopic (exact) mass is 172 g/mol. The summed E-state index contributed by atoms with van der Waals surface area (Å²) >= 11 is 0. The van der Waals surface area contributed by atoms with Gasteiger partial charge in [-0.3, -0.25) is 0 Å². The Labute approximate surface area is 75.2 Å². The minimum atomic E-state index is 0.222. The van der Waals surface area contributed by atoms with E-state index in [1.165, 1.54) is 5.57 Å². The molecule has 0 aromatic rings. The van der Waals surface area contributed by atoms with Crippen LogP contribution < -0.4 is 0 Å². The van der Waals surface area contributed by atoms with Crippen molar-refractivity contribution < 1.29 is 9.84 Å². The Hall–Kier alpha value is -0.340. The van der Waals surface area contributed by atoms with Crippen molar-refractivity contribution in [3.05, 3.63) is 11.6 Å². The predicted octanol–water partition coefficient (Wildman–Crippen LogP) is 2.13. The first-order valence-electron chi connectivity index (χ1n) is 4.56. The molecule has 0 aliphatic rings. The fraction of sp³-hybridized carbons (Fsp3) is 0.800. The number of methoxy groups -OCH3 is 1. The van der Waals surface area contributed by atoms with Gasteiger partial charge in [-0.15, -0.1) is 0 Å². The molecule has 0 amide bonds. The normalized spacial score (nSPS) is 14.8. The number of aliphatic hydroxyl groups is 1. The van der Waals surface area contributed by atoms with Gasteiger partial charge in [0.05, 0.1) is 6.10 Å². The summed E-state index contributed by atoms with van der Waals surface area (Å²) in [6.45, 7) is 4.42. The van der Waals surface area contributed by atoms with Crippen LogP contribution in [0.2, 0.25) is 0 Å². The lowest BCUT2D eigenvalue weighted by Crippen LogP contribution is -2.11. The van der Waals surface area contributed by atoms with E-state index in [0.717, 1.165) is 19.3 Å². The third kappa shape index (κ3) is 4.52. The van der Waals surface area contributed by atoms with E-state index in [2.05, 4.69) is 13.8 Å². The maximum atomic E-state index is 8.61. The molecule has 0 spiro atoms. The molecule has 0 saturated heterocycles. The SMILES string of the molecule is CCCC(OC)/C(C)=C/CCO. The first-order valence-corrected chi connectivity index (χ1v) is 4.56. The lowest BCUT2D eigenvalue weighted by Gasteiger charge is -2.14. The van der Waals surface area contributed by atoms with E-state index in [-0.39, 0.29) is 12.7 Å². The van der Waals surface area contributed by atoms with E-state index in [1.807, 2.05) is 6.08 Å². The molecule has 12 heavy (non-hydrogen) atoms. The lowest BCUT2D eigenvalue weighted by molar-refractivity contribution is 0.123. The molecule has 0 bridgehead atoms. The third-order valence-electron chi connectivity index (χ3n) is 1.94. The van der Waals surface area contributed by atoms with Crippen molar-refractivity contribution in [1.82, 2.24) is 0 Å². The Morgan fingerprint density at radius 1 is 1.58 bits per heavy atom. The molecule has 0 aromatic carbocycles. The fourth-order valence-corrected chi connectivity index (χ4v) is 1.22. The lowest BCUT2D eigenvalue weighted by atomic mass is 10.1. The molecule has 72 valence electrons. The number of hydrogen-bond donors (Lipinski definition) is 1. The van der Waals surface area contributed by atoms with E-state index in [9.17, 15) is 0 Å². The summed E-state index contributed by atoms with van der Waals surface area (Å²) in [6.07, 6.45) is 5.20. The number of ether oxygens (including phenoxy) is 1. The topological polar surface area (TPSA) is 29.5 Å². The van der Waals surface area contributed by atoms with Gasteiger partial charge in [-0.1, -0.05) is 19.4 Å². The third-order valence-corrected chi connectivity index (χ3v) is 1.94. The molecule has 2 nitrogen and oxygen atoms in total. The first kappa shape index (κ1) is 11.7. The quantitative estimate of drug-likeness (QED) is 0.622. The molecule has 1 atom stereocenters. The first-order chi connectivity index (χ1) is 5.76. The molecule has 0 aliphatic carbocycles. The van der Waals surface area contributed by atoms with Crippen LogP contribution in [0.4, 0.5) is 0 Å². The summed E-state index contributed by atoms with van der Waals surface area (Å²) in [4.78, 5) is 0. The summed E-state index contributed by atoms with van der Waals surface area (Å²) in [5.74, 6) is 0. The zero-order chi connectivity index (χ0) is 9.40. The average molecular weight is 172 g/mol. The van der Waals surface area contributed by atoms with E-state index >= 15 is 0 Å². The van der Waals surface area contributed by atoms with Crippen LogP contribution in [0.25, 0.3) is 0 Å². The standard InChI is InChI=1S/C10H20O2/c1-4-6-10(12-3)9(2)7-5-8-11/h7,10-11H,4-6,8H2,1-3H3/b9-7+. The van der Waals surface area contributed by atoms with Gasteiger partial charge in [0.2, 0.25) is 0 Å². The molecular weight excluding hydrogens is 152 g/mol. The van der Waals surface area contributed by atoms with Gasteiger partial charge in [0.1, 0.15) is 0 Å². The second kappa shape index (κ2) is 7.32. The number of rotatable bonds is 6. The molecular formula is C10H20O2. The van der Waals surface area contributed by atoms with Gasteiger partial charge in [-0.2, -0.15) is 0 Å². The van der Waals surface area contributed by atoms with Crippen LogP contribution in [-0.4, -0.2) is 24.9 Å². The van der Waals surface area contributed by atoms with Crippen molar-refractivity contribution in [3.63, 3.8) is 0 Å². The second-order valence-corrected chi connectivity index (χ2v) is 2.97. The van der Waals surface area contributed by atoms with Crippen molar-refractivity contribution >= 4 is 0 Å². The summed E-state index contributed by atoms with van der Waals surface area (Å²) in [5, 5.41) is 8.61. The number of aliphatic hydroxyl groups excluding tert-OH is 1. The molecule has 0 rings (SSSR count). The smallest absolute Gasteiger partial charge is 0.0778 e. The maximum absolute atomic E-state index is 8.61. The Balaban J connectivity index is 3.91. The van der Waals surface area contributed by atoms with Crippen LogP contribution in [-0.2, 0) is 4.74 Å². The Morgan fingerprint density at radius 3 is 2.67 bits per heavy atom. The van der Waals surface area contributed by atoms with E-state index in [0.29, 0.717) is 0 Å². The highest BCUT2D eigenvalue weighted by Crippen LogP contribution is 2.11. The van der Waals surface area contributed by atoms with Crippen molar-refractivity contribution in [3.8, 4) is 0 Å². The fourth-order valence-electron chi connectivity index (χ4n) is 1.22. The maximum Gasteiger partial charge on any atom is 0.0778 e. The highest BCUT2D eigenvalue weighted by atomic mass is 16.5. The minimum Gasteiger partial charge on any atom is -0.396 e. The Morgan fingerprint density at radius 2 is 2.25 bits per heavy atom. The van der Waals surface area contributed by atoms with Gasteiger partial charge in [-0.05, 0) is 25.3 Å². The van der Waals surface area contributed by atoms with Crippen LogP contribution in [0.15, 0.2) is 11.6 Å². The van der Waals surface area contributed by atoms with Gasteiger partial charge >= 0.3 is 0 Å². The van der Waals surface area contributed by atoms with Gasteiger partial charge in [0.25, 0.3) is 0 Å². The van der Waals surface area contributed by atoms with Crippen molar-refractivity contribution in [2.45, 2.75) is 39.2 Å². The van der Waals surface area contributed by atoms with E-state index < -0.39 is 0 Å². The second-order valence-electron chi connectivity index (χ2n) is 2.97. The van der Waals surface area contributed by atoms with Gasteiger partial charge in [0.15, 0.2) is 0 Å². The van der Waals surface area contributed by atoms with Gasteiger partial charge < -0.3 is 9.84 Å². The largest absolute Gasteiger partial charge is 0.396 e. The Bertz CT molecular complexity index is 130. The van der Waals surface area contributed by atoms with Crippen LogP contribution in [0, 0.1) is 0 Å². The molecule has 0 aliphatic heterocycles. The van der Waals surface area contributed by atoms with Crippen molar-refractivity contribution in [2.24, 2.45) is 0 Å². The minimum absolute atomic E-state index is 0.222. The average Bonchev–Trinajstić information content (AvgIpc) is 2.10. The van der Waals surface area contributed by atoms with Crippen LogP contribution in [0.1, 0.15) is 33.1 Å². The van der Waals surface area contributed by atoms with Crippen molar-refractivity contribution in [1.29, 1.82) is 0 Å². The predicted molar refractivity (Wildman–Crippen MR) is 51.2 cm³/mol. The highest BCUT2D eigenvalue weighted by molar-refractivity contribution is 5.04. The molecule has 2 heteroatoms. The molecule has 1 unspecified atom stereocenters. The summed E-state index contributed by atoms with van der Waals surface area (Å²) in [6, 6.07) is 0. The molecule has 0 aromatic heterocycles. The molecule has 0 radical (unpaired) electrons. The van der Waals surface area contributed by atoms with Crippen LogP contribution in [0.3, 0.4) is 0 Å². The van der Waals surface area contributed by atoms with Crippen LogP contribution >= 0.6 is 0 Å². The van der Waals surface area contributed by atoms with Gasteiger partial charge in [0, 0.05) is 13.7 Å². The molecule has 0 fully saturated rings. The molecule has 0 heterocycles. The zero-order valence-electron chi connectivity index (χ0n) is 8.34. The summed E-state index contributed by atoms with van der Waals surface area (Å²) in [7, 11) is 1.73. The summed E-state index contributed by atoms with van der Waals surface area (Å²) < 4.78 is 5.30. The molecule has 0 saturated carbocycles. The zero-order valence-corrected chi connectivity index (χ0v) is 8.34. The number of hydrogen-bond acceptors (Lipinski definition) is 2. The van der Waals surface area contributed by atoms with E-state index in [4.69, 9.17) is 9.84 Å². The van der Waals surface area contributed by atoms with E-state index in [1.54, 1.807) is 7.11 Å². The van der Waals surface area contributed by atoms with Gasteiger partial charge in [-0.25, -0.2) is 0 Å². The summed E-state index contributed by atoms with van der Waals surface area (Å²) in [5.41, 5.74) is 1.23.